The number of aryl methyl sites for hydroxylation is 1. The van der Waals surface area contributed by atoms with Gasteiger partial charge in [0.15, 0.2) is 0 Å². The number of pyridine rings is 1. The first kappa shape index (κ1) is 15.2. The number of rotatable bonds is 2. The molecular formula is C18H22N4O2. The topological polar surface area (TPSA) is 57.9 Å². The summed E-state index contributed by atoms with van der Waals surface area (Å²) in [4.78, 5) is 33.1. The summed E-state index contributed by atoms with van der Waals surface area (Å²) < 4.78 is 1.90. The van der Waals surface area contributed by atoms with E-state index in [9.17, 15) is 9.59 Å². The Kier molecular flexibility index (Phi) is 3.75. The van der Waals surface area contributed by atoms with E-state index in [1.54, 1.807) is 0 Å². The van der Waals surface area contributed by atoms with Gasteiger partial charge in [-0.15, -0.1) is 0 Å². The predicted octanol–water partition coefficient (Wildman–Crippen LogP) is 1.87. The van der Waals surface area contributed by atoms with Gasteiger partial charge in [0.25, 0.3) is 5.91 Å². The first-order chi connectivity index (χ1) is 11.6. The zero-order chi connectivity index (χ0) is 16.7. The lowest BCUT2D eigenvalue weighted by molar-refractivity contribution is -0.130. The van der Waals surface area contributed by atoms with Crippen molar-refractivity contribution in [3.8, 4) is 0 Å². The molecule has 2 aliphatic rings. The van der Waals surface area contributed by atoms with Gasteiger partial charge in [-0.1, -0.05) is 0 Å². The van der Waals surface area contributed by atoms with E-state index in [0.717, 1.165) is 43.7 Å². The lowest BCUT2D eigenvalue weighted by Crippen LogP contribution is -2.50. The van der Waals surface area contributed by atoms with E-state index in [0.29, 0.717) is 18.5 Å². The number of nitrogens with zero attached hydrogens (tertiary/aromatic N) is 4. The maximum absolute atomic E-state index is 12.9. The molecule has 6 nitrogen and oxygen atoms in total. The van der Waals surface area contributed by atoms with Gasteiger partial charge in [0.2, 0.25) is 5.91 Å². The number of fused-ring (bicyclic) bond motifs is 1. The Hall–Kier alpha value is -2.37. The zero-order valence-electron chi connectivity index (χ0n) is 13.9. The molecule has 0 bridgehead atoms. The summed E-state index contributed by atoms with van der Waals surface area (Å²) in [6, 6.07) is 3.90. The smallest absolute Gasteiger partial charge is 0.255 e. The third-order valence-electron chi connectivity index (χ3n) is 5.05. The maximum atomic E-state index is 12.9. The number of carbonyl (C=O) groups is 2. The highest BCUT2D eigenvalue weighted by atomic mass is 16.2. The Morgan fingerprint density at radius 2 is 2.08 bits per heavy atom. The van der Waals surface area contributed by atoms with Gasteiger partial charge >= 0.3 is 0 Å². The molecule has 0 saturated carbocycles. The second kappa shape index (κ2) is 5.92. The summed E-state index contributed by atoms with van der Waals surface area (Å²) in [7, 11) is 0. The highest BCUT2D eigenvalue weighted by molar-refractivity contribution is 5.94. The molecule has 2 saturated heterocycles. The monoisotopic (exact) mass is 326 g/mol. The molecule has 6 heteroatoms. The van der Waals surface area contributed by atoms with Gasteiger partial charge in [-0.3, -0.25) is 9.59 Å². The van der Waals surface area contributed by atoms with Crippen LogP contribution in [0.5, 0.6) is 0 Å². The molecule has 126 valence electrons. The highest BCUT2D eigenvalue weighted by Gasteiger charge is 2.33. The van der Waals surface area contributed by atoms with Crippen LogP contribution < -0.4 is 0 Å². The van der Waals surface area contributed by atoms with Crippen molar-refractivity contribution in [1.29, 1.82) is 0 Å². The fraction of sp³-hybridized carbons (Fsp3) is 0.500. The van der Waals surface area contributed by atoms with Crippen LogP contribution in [0.15, 0.2) is 24.5 Å². The van der Waals surface area contributed by atoms with Crippen LogP contribution in [0.1, 0.15) is 41.7 Å². The van der Waals surface area contributed by atoms with Crippen LogP contribution in [0.4, 0.5) is 0 Å². The van der Waals surface area contributed by atoms with Crippen LogP contribution in [0.3, 0.4) is 0 Å². The summed E-state index contributed by atoms with van der Waals surface area (Å²) in [5.74, 6) is 0.282. The van der Waals surface area contributed by atoms with Crippen LogP contribution >= 0.6 is 0 Å². The molecule has 0 spiro atoms. The molecule has 4 heterocycles. The number of piperidine rings is 1. The fourth-order valence-electron chi connectivity index (χ4n) is 3.88. The quantitative estimate of drug-likeness (QED) is 0.846. The lowest BCUT2D eigenvalue weighted by Gasteiger charge is -2.37. The minimum absolute atomic E-state index is 0.0413. The molecule has 2 aromatic rings. The van der Waals surface area contributed by atoms with Crippen molar-refractivity contribution in [3.05, 3.63) is 35.8 Å². The van der Waals surface area contributed by atoms with Crippen LogP contribution in [-0.2, 0) is 4.79 Å². The minimum atomic E-state index is 0.0413. The first-order valence-electron chi connectivity index (χ1n) is 8.66. The Morgan fingerprint density at radius 1 is 1.21 bits per heavy atom. The molecule has 4 rings (SSSR count). The van der Waals surface area contributed by atoms with Gasteiger partial charge in [-0.2, -0.15) is 0 Å². The summed E-state index contributed by atoms with van der Waals surface area (Å²) >= 11 is 0. The summed E-state index contributed by atoms with van der Waals surface area (Å²) in [6.45, 7) is 4.19. The number of likely N-dealkylation sites (tertiary alicyclic amines) is 2. The summed E-state index contributed by atoms with van der Waals surface area (Å²) in [6.07, 6.45) is 7.32. The van der Waals surface area contributed by atoms with Crippen molar-refractivity contribution >= 4 is 17.5 Å². The zero-order valence-corrected chi connectivity index (χ0v) is 13.9. The van der Waals surface area contributed by atoms with Gasteiger partial charge in [0.1, 0.15) is 5.65 Å². The standard InChI is InChI=1S/C18H22N4O2/c1-13-10-21-11-14(6-7-16(21)19-13)18(24)20-8-2-4-15(12-20)22-9-3-5-17(22)23/h6-7,10-11,15H,2-5,8-9,12H2,1H3/t15-/m1/s1. The molecule has 0 aromatic carbocycles. The van der Waals surface area contributed by atoms with Crippen molar-refractivity contribution in [1.82, 2.24) is 19.2 Å². The van der Waals surface area contributed by atoms with E-state index < -0.39 is 0 Å². The molecule has 2 fully saturated rings. The van der Waals surface area contributed by atoms with Gasteiger partial charge < -0.3 is 14.2 Å². The van der Waals surface area contributed by atoms with Crippen LogP contribution in [-0.4, -0.2) is 56.7 Å². The summed E-state index contributed by atoms with van der Waals surface area (Å²) in [5, 5.41) is 0. The molecule has 2 aliphatic heterocycles. The van der Waals surface area contributed by atoms with E-state index in [4.69, 9.17) is 0 Å². The molecule has 0 radical (unpaired) electrons. The Morgan fingerprint density at radius 3 is 2.88 bits per heavy atom. The Balaban J connectivity index is 1.53. The number of amides is 2. The molecule has 24 heavy (non-hydrogen) atoms. The minimum Gasteiger partial charge on any atom is -0.338 e. The van der Waals surface area contributed by atoms with Crippen LogP contribution in [0.2, 0.25) is 0 Å². The first-order valence-corrected chi connectivity index (χ1v) is 8.66. The molecule has 1 atom stereocenters. The normalized spacial score (nSPS) is 21.7. The van der Waals surface area contributed by atoms with E-state index in [1.807, 2.05) is 45.7 Å². The molecule has 0 N–H and O–H groups in total. The number of aromatic nitrogens is 2. The lowest BCUT2D eigenvalue weighted by atomic mass is 10.0. The van der Waals surface area contributed by atoms with Crippen molar-refractivity contribution in [2.75, 3.05) is 19.6 Å². The maximum Gasteiger partial charge on any atom is 0.255 e. The SMILES string of the molecule is Cc1cn2cc(C(=O)N3CCC[C@@H](N4CCCC4=O)C3)ccc2n1. The van der Waals surface area contributed by atoms with Gasteiger partial charge in [-0.05, 0) is 38.3 Å². The summed E-state index contributed by atoms with van der Waals surface area (Å²) in [5.41, 5.74) is 2.46. The second-order valence-electron chi connectivity index (χ2n) is 6.80. The second-order valence-corrected chi connectivity index (χ2v) is 6.80. The number of hydrogen-bond donors (Lipinski definition) is 0. The third kappa shape index (κ3) is 2.66. The van der Waals surface area contributed by atoms with Gasteiger partial charge in [-0.25, -0.2) is 4.98 Å². The molecule has 0 aliphatic carbocycles. The van der Waals surface area contributed by atoms with E-state index in [1.165, 1.54) is 0 Å². The van der Waals surface area contributed by atoms with Crippen molar-refractivity contribution < 1.29 is 9.59 Å². The molecule has 2 aromatic heterocycles. The van der Waals surface area contributed by atoms with Crippen LogP contribution in [0.25, 0.3) is 5.65 Å². The Bertz CT molecular complexity index is 797. The van der Waals surface area contributed by atoms with E-state index >= 15 is 0 Å². The average molecular weight is 326 g/mol. The van der Waals surface area contributed by atoms with Crippen LogP contribution in [0, 0.1) is 6.92 Å². The molecule has 0 unspecified atom stereocenters. The van der Waals surface area contributed by atoms with Crippen molar-refractivity contribution in [2.24, 2.45) is 0 Å². The Labute approximate surface area is 141 Å². The number of carbonyl (C=O) groups excluding carboxylic acids is 2. The van der Waals surface area contributed by atoms with Gasteiger partial charge in [0.05, 0.1) is 11.3 Å². The average Bonchev–Trinajstić information content (AvgIpc) is 3.18. The number of imidazole rings is 1. The molecule has 2 amide bonds. The van der Waals surface area contributed by atoms with Crippen molar-refractivity contribution in [3.63, 3.8) is 0 Å². The van der Waals surface area contributed by atoms with E-state index in [2.05, 4.69) is 4.98 Å². The third-order valence-corrected chi connectivity index (χ3v) is 5.05. The number of hydrogen-bond acceptors (Lipinski definition) is 3. The van der Waals surface area contributed by atoms with Crippen molar-refractivity contribution in [2.45, 2.75) is 38.6 Å². The molecular weight excluding hydrogens is 304 g/mol. The van der Waals surface area contributed by atoms with Gasteiger partial charge in [0, 0.05) is 44.5 Å². The van der Waals surface area contributed by atoms with E-state index in [-0.39, 0.29) is 17.9 Å². The fourth-order valence-corrected chi connectivity index (χ4v) is 3.88. The highest BCUT2D eigenvalue weighted by Crippen LogP contribution is 2.22. The largest absolute Gasteiger partial charge is 0.338 e. The predicted molar refractivity (Wildman–Crippen MR) is 89.8 cm³/mol.